The van der Waals surface area contributed by atoms with Crippen molar-refractivity contribution in [1.29, 1.82) is 0 Å². The molecule has 6 aromatic carbocycles. The van der Waals surface area contributed by atoms with Crippen LogP contribution in [0.25, 0.3) is 43.1 Å². The maximum Gasteiger partial charge on any atom is 0.129 e. The summed E-state index contributed by atoms with van der Waals surface area (Å²) in [6.45, 7) is 27.4. The van der Waals surface area contributed by atoms with Gasteiger partial charge in [0.1, 0.15) is 32.3 Å². The van der Waals surface area contributed by atoms with E-state index >= 15 is 0 Å². The van der Waals surface area contributed by atoms with E-state index in [-0.39, 0.29) is 0 Å². The van der Waals surface area contributed by atoms with Crippen LogP contribution in [0.3, 0.4) is 0 Å². The molecule has 52 heavy (non-hydrogen) atoms. The molecular weight excluding hydrogens is 689 g/mol. The summed E-state index contributed by atoms with van der Waals surface area (Å²) in [7, 11) is -5.62. The normalized spacial score (nSPS) is 11.6. The number of hydrogen-bond donors (Lipinski definition) is 0. The quantitative estimate of drug-likeness (QED) is 0.0826. The van der Waals surface area contributed by atoms with Gasteiger partial charge in [-0.15, -0.1) is 22.2 Å². The van der Waals surface area contributed by atoms with Gasteiger partial charge in [-0.05, 0) is 91.6 Å². The van der Waals surface area contributed by atoms with E-state index in [1.165, 1.54) is 43.1 Å². The number of fused-ring (bicyclic) bond motifs is 4. The van der Waals surface area contributed by atoms with Gasteiger partial charge in [-0.3, -0.25) is 0 Å². The van der Waals surface area contributed by atoms with Gasteiger partial charge in [-0.2, -0.15) is 0 Å². The molecule has 0 heterocycles. The Labute approximate surface area is 317 Å². The third kappa shape index (κ3) is 10.7. The van der Waals surface area contributed by atoms with Crippen LogP contribution >= 0.6 is 0 Å². The van der Waals surface area contributed by atoms with Crippen molar-refractivity contribution in [3.8, 4) is 45.9 Å². The Bertz CT molecular complexity index is 2210. The van der Waals surface area contributed by atoms with E-state index in [0.29, 0.717) is 0 Å². The summed E-state index contributed by atoms with van der Waals surface area (Å²) in [5.74, 6) is 13.8. The minimum atomic E-state index is -1.40. The highest BCUT2D eigenvalue weighted by Gasteiger charge is 2.12. The molecule has 0 bridgehead atoms. The van der Waals surface area contributed by atoms with Gasteiger partial charge in [0.05, 0.1) is 0 Å². The molecule has 0 N–H and O–H groups in total. The lowest BCUT2D eigenvalue weighted by atomic mass is 9.97. The molecule has 0 aliphatic heterocycles. The Morgan fingerprint density at radius 3 is 0.692 bits per heavy atom. The molecule has 0 aliphatic rings. The topological polar surface area (TPSA) is 0 Å². The zero-order valence-electron chi connectivity index (χ0n) is 33.2. The van der Waals surface area contributed by atoms with Crippen LogP contribution in [0.15, 0.2) is 97.1 Å². The first-order chi connectivity index (χ1) is 24.2. The fourth-order valence-electron chi connectivity index (χ4n) is 5.56. The fraction of sp³-hybridized carbons (Fsp3) is 0.250. The van der Waals surface area contributed by atoms with Crippen LogP contribution in [0, 0.1) is 45.9 Å². The second-order valence-electron chi connectivity index (χ2n) is 17.8. The highest BCUT2D eigenvalue weighted by atomic mass is 28.3. The Kier molecular flexibility index (Phi) is 11.3. The predicted octanol–water partition coefficient (Wildman–Crippen LogP) is 12.9. The third-order valence-corrected chi connectivity index (χ3v) is 11.5. The molecule has 0 nitrogen and oxygen atoms in total. The maximum absolute atomic E-state index is 3.50. The zero-order chi connectivity index (χ0) is 37.9. The summed E-state index contributed by atoms with van der Waals surface area (Å²) >= 11 is 0. The van der Waals surface area contributed by atoms with Gasteiger partial charge in [0.25, 0.3) is 0 Å². The van der Waals surface area contributed by atoms with E-state index in [1.807, 2.05) is 0 Å². The minimum absolute atomic E-state index is 1.12. The van der Waals surface area contributed by atoms with Crippen LogP contribution in [0.4, 0.5) is 0 Å². The Hall–Kier alpha value is -4.53. The molecule has 0 fully saturated rings. The van der Waals surface area contributed by atoms with Crippen LogP contribution in [0.1, 0.15) is 22.3 Å². The molecule has 0 amide bonds. The van der Waals surface area contributed by atoms with Crippen molar-refractivity contribution in [2.24, 2.45) is 0 Å². The van der Waals surface area contributed by atoms with Crippen LogP contribution in [-0.2, 0) is 0 Å². The lowest BCUT2D eigenvalue weighted by molar-refractivity contribution is 1.70. The van der Waals surface area contributed by atoms with Crippen LogP contribution in [0.2, 0.25) is 78.6 Å². The molecule has 4 heteroatoms. The summed E-state index contributed by atoms with van der Waals surface area (Å²) in [6, 6.07) is 34.8. The lowest BCUT2D eigenvalue weighted by Gasteiger charge is -2.08. The molecule has 6 aromatic rings. The molecule has 0 atom stereocenters. The number of benzene rings is 6. The van der Waals surface area contributed by atoms with Crippen molar-refractivity contribution >= 4 is 75.4 Å². The largest absolute Gasteiger partial charge is 0.129 e. The van der Waals surface area contributed by atoms with Crippen molar-refractivity contribution in [2.45, 2.75) is 78.6 Å². The smallest absolute Gasteiger partial charge is 0.127 e. The van der Waals surface area contributed by atoms with Crippen LogP contribution in [-0.4, -0.2) is 32.3 Å². The summed E-state index contributed by atoms with van der Waals surface area (Å²) in [5, 5.41) is 9.90. The average molecular weight is 741 g/mol. The first-order valence-corrected chi connectivity index (χ1v) is 32.3. The summed E-state index contributed by atoms with van der Waals surface area (Å²) in [6.07, 6.45) is 0. The second kappa shape index (κ2) is 15.2. The van der Waals surface area contributed by atoms with Crippen LogP contribution in [0.5, 0.6) is 0 Å². The zero-order valence-corrected chi connectivity index (χ0v) is 37.2. The standard InChI is InChI=1S/2C24H26Si2/c2*1-25(2,3)15-13-19-9-7-11-21-17-22-12-8-10-20(14-16-26(4,5)6)24(22)18-23(19)21/h2*7-12,17-18H,1-6H3. The molecule has 6 rings (SSSR count). The van der Waals surface area contributed by atoms with E-state index in [0.717, 1.165) is 22.3 Å². The van der Waals surface area contributed by atoms with Crippen molar-refractivity contribution in [3.05, 3.63) is 119 Å². The molecule has 0 saturated carbocycles. The molecule has 260 valence electrons. The fourth-order valence-corrected chi connectivity index (χ4v) is 7.60. The third-order valence-electron chi connectivity index (χ3n) is 8.05. The van der Waals surface area contributed by atoms with Crippen molar-refractivity contribution < 1.29 is 0 Å². The first kappa shape index (κ1) is 38.7. The van der Waals surface area contributed by atoms with Gasteiger partial charge < -0.3 is 0 Å². The Balaban J connectivity index is 0.000000201. The molecule has 0 aromatic heterocycles. The number of rotatable bonds is 0. The van der Waals surface area contributed by atoms with Crippen molar-refractivity contribution in [1.82, 2.24) is 0 Å². The molecule has 0 unspecified atom stereocenters. The summed E-state index contributed by atoms with van der Waals surface area (Å²) < 4.78 is 0. The van der Waals surface area contributed by atoms with Crippen molar-refractivity contribution in [3.63, 3.8) is 0 Å². The summed E-state index contributed by atoms with van der Waals surface area (Å²) in [5.41, 5.74) is 18.5. The lowest BCUT2D eigenvalue weighted by Crippen LogP contribution is -2.16. The van der Waals surface area contributed by atoms with Gasteiger partial charge in [0.2, 0.25) is 0 Å². The molecule has 0 aliphatic carbocycles. The highest BCUT2D eigenvalue weighted by Crippen LogP contribution is 2.29. The monoisotopic (exact) mass is 740 g/mol. The number of hydrogen-bond acceptors (Lipinski definition) is 0. The first-order valence-electron chi connectivity index (χ1n) is 18.3. The average Bonchev–Trinajstić information content (AvgIpc) is 3.05. The Morgan fingerprint density at radius 1 is 0.288 bits per heavy atom. The van der Waals surface area contributed by atoms with Gasteiger partial charge >= 0.3 is 0 Å². The van der Waals surface area contributed by atoms with E-state index < -0.39 is 32.3 Å². The Morgan fingerprint density at radius 2 is 0.500 bits per heavy atom. The van der Waals surface area contributed by atoms with Crippen LogP contribution < -0.4 is 0 Å². The maximum atomic E-state index is 3.50. The van der Waals surface area contributed by atoms with Gasteiger partial charge in [-0.1, -0.05) is 151 Å². The molecule has 0 saturated heterocycles. The minimum Gasteiger partial charge on any atom is -0.127 e. The SMILES string of the molecule is C[Si](C)(C)C#Cc1cccc2cc3cccc(C#C[Si](C)(C)C)c3cc12.C[Si](C)(C)C#Cc1cccc2cc3cccc(C#C[Si](C)(C)C)c3cc12. The highest BCUT2D eigenvalue weighted by molar-refractivity contribution is 6.85. The second-order valence-corrected chi connectivity index (χ2v) is 36.8. The van der Waals surface area contributed by atoms with Gasteiger partial charge in [0, 0.05) is 22.3 Å². The predicted molar refractivity (Wildman–Crippen MR) is 244 cm³/mol. The van der Waals surface area contributed by atoms with Gasteiger partial charge in [-0.25, -0.2) is 0 Å². The van der Waals surface area contributed by atoms with E-state index in [1.54, 1.807) is 0 Å². The van der Waals surface area contributed by atoms with Gasteiger partial charge in [0.15, 0.2) is 0 Å². The van der Waals surface area contributed by atoms with E-state index in [9.17, 15) is 0 Å². The van der Waals surface area contributed by atoms with Crippen molar-refractivity contribution in [2.75, 3.05) is 0 Å². The molecule has 0 radical (unpaired) electrons. The van der Waals surface area contributed by atoms with E-state index in [2.05, 4.69) is 221 Å². The summed E-state index contributed by atoms with van der Waals surface area (Å²) in [4.78, 5) is 0. The van der Waals surface area contributed by atoms with E-state index in [4.69, 9.17) is 0 Å². The molecule has 0 spiro atoms. The molecular formula is C48H52Si4.